The number of halogens is 4. The van der Waals surface area contributed by atoms with Crippen LogP contribution < -0.4 is 0 Å². The molecule has 0 unspecified atom stereocenters. The Kier molecular flexibility index (Phi) is 16.1. The van der Waals surface area contributed by atoms with Crippen LogP contribution in [0.1, 0.15) is 13.8 Å². The lowest BCUT2D eigenvalue weighted by Gasteiger charge is -2.18. The van der Waals surface area contributed by atoms with Gasteiger partial charge in [0, 0.05) is 16.6 Å². The second-order valence-corrected chi connectivity index (χ2v) is 9.45. The van der Waals surface area contributed by atoms with Crippen molar-refractivity contribution in [1.82, 2.24) is 0 Å². The van der Waals surface area contributed by atoms with E-state index >= 15 is 0 Å². The van der Waals surface area contributed by atoms with Crippen LogP contribution in [0.15, 0.2) is 32.0 Å². The average Bonchev–Trinajstić information content (AvgIpc) is 2.69. The number of rotatable bonds is 13. The summed E-state index contributed by atoms with van der Waals surface area (Å²) in [5, 5.41) is 8.78. The molecule has 0 aliphatic rings. The first-order valence-corrected chi connectivity index (χ1v) is 12.3. The Morgan fingerprint density at radius 3 is 1.71 bits per heavy atom. The summed E-state index contributed by atoms with van der Waals surface area (Å²) in [7, 11) is -4.39. The van der Waals surface area contributed by atoms with Gasteiger partial charge in [-0.25, -0.2) is 7.94 Å². The maximum Gasteiger partial charge on any atom is 0.398 e. The molecule has 0 radical (unpaired) electrons. The van der Waals surface area contributed by atoms with Crippen molar-refractivity contribution in [3.8, 4) is 6.07 Å². The Labute approximate surface area is 202 Å². The van der Waals surface area contributed by atoms with Crippen LogP contribution in [0, 0.1) is 11.3 Å². The zero-order valence-corrected chi connectivity index (χ0v) is 21.3. The zero-order chi connectivity index (χ0) is 21.7. The summed E-state index contributed by atoms with van der Waals surface area (Å²) >= 11 is 34.2. The summed E-state index contributed by atoms with van der Waals surface area (Å²) < 4.78 is 33.4. The van der Waals surface area contributed by atoms with Gasteiger partial charge in [-0.2, -0.15) is 5.26 Å². The number of allylic oxidation sites excluding steroid dienone is 4. The Morgan fingerprint density at radius 1 is 1.04 bits per heavy atom. The monoisotopic (exact) mass is 561 g/mol. The molecule has 28 heavy (non-hydrogen) atoms. The van der Waals surface area contributed by atoms with Crippen molar-refractivity contribution >= 4 is 113 Å². The van der Waals surface area contributed by atoms with Gasteiger partial charge in [0.05, 0.1) is 33.0 Å². The zero-order valence-electron chi connectivity index (χ0n) is 14.1. The van der Waals surface area contributed by atoms with Crippen molar-refractivity contribution in [2.24, 2.45) is 0 Å². The van der Waals surface area contributed by atoms with Crippen LogP contribution in [-0.4, -0.2) is 22.9 Å². The van der Waals surface area contributed by atoms with Gasteiger partial charge in [-0.15, -0.1) is 0 Å². The van der Waals surface area contributed by atoms with E-state index in [0.29, 0.717) is 24.6 Å². The fraction of sp³-hybridized carbons (Fsp3) is 0.308. The van der Waals surface area contributed by atoms with Gasteiger partial charge in [0.2, 0.25) is 0 Å². The van der Waals surface area contributed by atoms with E-state index in [-0.39, 0.29) is 38.6 Å². The molecule has 0 saturated carbocycles. The third-order valence-electron chi connectivity index (χ3n) is 2.29. The van der Waals surface area contributed by atoms with Crippen LogP contribution in [-0.2, 0) is 20.9 Å². The lowest BCUT2D eigenvalue weighted by molar-refractivity contribution is 0.339. The summed E-state index contributed by atoms with van der Waals surface area (Å²) in [4.78, 5) is -0.435. The number of nitriles is 1. The van der Waals surface area contributed by atoms with E-state index in [1.54, 1.807) is 19.9 Å². The highest BCUT2D eigenvalue weighted by molar-refractivity contribution is 7.98. The quantitative estimate of drug-likeness (QED) is 0.0559. The lowest BCUT2D eigenvalue weighted by Crippen LogP contribution is -2.14. The largest absolute Gasteiger partial charge is 0.398 e. The lowest BCUT2D eigenvalue weighted by atomic mass is 10.1. The molecule has 156 valence electrons. The molecule has 0 aliphatic heterocycles. The topological polar surface area (TPSA) is 77.8 Å². The van der Waals surface area contributed by atoms with Gasteiger partial charge in [-0.3, -0.25) is 12.9 Å². The molecule has 0 rings (SSSR count). The van der Waals surface area contributed by atoms with Crippen molar-refractivity contribution in [2.45, 2.75) is 13.8 Å². The summed E-state index contributed by atoms with van der Waals surface area (Å²) in [5.41, 5.74) is 1.61. The van der Waals surface area contributed by atoms with Gasteiger partial charge in [-0.1, -0.05) is 70.8 Å². The molecule has 0 N–H and O–H groups in total. The molecule has 0 bridgehead atoms. The van der Waals surface area contributed by atoms with Crippen molar-refractivity contribution in [3.05, 3.63) is 32.0 Å². The average molecular weight is 563 g/mol. The van der Waals surface area contributed by atoms with Gasteiger partial charge in [0.25, 0.3) is 0 Å². The Morgan fingerprint density at radius 2 is 1.43 bits per heavy atom. The molecule has 0 aliphatic carbocycles. The van der Waals surface area contributed by atoms with Crippen molar-refractivity contribution in [3.63, 3.8) is 0 Å². The van der Waals surface area contributed by atoms with Gasteiger partial charge in [-0.05, 0) is 13.8 Å². The second-order valence-electron chi connectivity index (χ2n) is 4.00. The predicted molar refractivity (Wildman–Crippen MR) is 126 cm³/mol. The minimum absolute atomic E-state index is 0.165. The molecule has 0 amide bonds. The Bertz CT molecular complexity index is 723. The third-order valence-corrected chi connectivity index (χ3v) is 8.21. The van der Waals surface area contributed by atoms with E-state index in [1.807, 2.05) is 0 Å². The molecule has 6 nitrogen and oxygen atoms in total. The van der Waals surface area contributed by atoms with Crippen LogP contribution in [0.4, 0.5) is 0 Å². The third kappa shape index (κ3) is 8.90. The highest BCUT2D eigenvalue weighted by atomic mass is 35.5. The van der Waals surface area contributed by atoms with E-state index in [2.05, 4.69) is 0 Å². The van der Waals surface area contributed by atoms with Crippen LogP contribution in [0.5, 0.6) is 0 Å². The van der Waals surface area contributed by atoms with Crippen molar-refractivity contribution in [2.75, 3.05) is 13.2 Å². The summed E-state index contributed by atoms with van der Waals surface area (Å²) in [5.74, 6) is 0. The molecular weight excluding hydrogens is 551 g/mol. The van der Waals surface area contributed by atoms with E-state index in [4.69, 9.17) is 87.1 Å². The van der Waals surface area contributed by atoms with E-state index < -0.39 is 12.9 Å². The minimum atomic E-state index is -4.39. The molecule has 0 saturated heterocycles. The molecule has 0 heterocycles. The maximum absolute atomic E-state index is 13.3. The molecule has 15 heteroatoms. The number of hydrogen-bond donors (Lipinski definition) is 0. The van der Waals surface area contributed by atoms with Gasteiger partial charge >= 0.3 is 7.60 Å². The van der Waals surface area contributed by atoms with Crippen LogP contribution in [0.3, 0.4) is 0 Å². The first kappa shape index (κ1) is 28.8. The predicted octanol–water partition coefficient (Wildman–Crippen LogP) is 7.57. The van der Waals surface area contributed by atoms with E-state index in [1.165, 1.54) is 0 Å². The second kappa shape index (κ2) is 15.6. The van der Waals surface area contributed by atoms with E-state index in [9.17, 15) is 9.83 Å². The standard InChI is InChI=1S/C13H12Cl4NO5PS4/c1-3-20-27-22-24(19,23-28-21-4-2)10(7-18)11(12(25)8(16)5-14)13(26)9(17)6-15/h5-6H,3-4H2,1-2H3. The fourth-order valence-electron chi connectivity index (χ4n) is 1.22. The summed E-state index contributed by atoms with van der Waals surface area (Å²) in [6, 6.07) is 1.71. The fourth-order valence-corrected chi connectivity index (χ4v) is 5.21. The first-order valence-electron chi connectivity index (χ1n) is 6.95. The maximum atomic E-state index is 13.3. The van der Waals surface area contributed by atoms with Gasteiger partial charge in [0.15, 0.2) is 30.0 Å². The molecular formula is C13H12Cl4NO5PS4. The Hall–Kier alpha value is 0.820. The Balaban J connectivity index is 6.61. The summed E-state index contributed by atoms with van der Waals surface area (Å²) in [6.07, 6.45) is 0. The molecule has 0 atom stereocenters. The smallest absolute Gasteiger partial charge is 0.291 e. The highest BCUT2D eigenvalue weighted by Crippen LogP contribution is 2.62. The first-order chi connectivity index (χ1) is 13.2. The number of thiocarbonyl (C=S) groups is 2. The van der Waals surface area contributed by atoms with Crippen molar-refractivity contribution < 1.29 is 20.9 Å². The summed E-state index contributed by atoms with van der Waals surface area (Å²) in [6.45, 7) is 3.79. The van der Waals surface area contributed by atoms with Crippen molar-refractivity contribution in [1.29, 1.82) is 5.26 Å². The molecule has 0 aromatic heterocycles. The van der Waals surface area contributed by atoms with Crippen LogP contribution >= 0.6 is 103 Å². The van der Waals surface area contributed by atoms with Crippen LogP contribution in [0.25, 0.3) is 0 Å². The van der Waals surface area contributed by atoms with Gasteiger partial charge in [0.1, 0.15) is 6.07 Å². The highest BCUT2D eigenvalue weighted by Gasteiger charge is 2.39. The number of hydrogen-bond acceptors (Lipinski definition) is 10. The molecule has 0 spiro atoms. The van der Waals surface area contributed by atoms with Gasteiger partial charge < -0.3 is 0 Å². The van der Waals surface area contributed by atoms with E-state index in [0.717, 1.165) is 11.1 Å². The molecule has 0 aromatic rings. The molecule has 0 fully saturated rings. The SMILES string of the molecule is CCOSOP(=O)(OSOCC)C(C#N)=C(C(=S)C(Cl)=CCl)C(=S)C(Cl)=CCl. The van der Waals surface area contributed by atoms with Crippen LogP contribution in [0.2, 0.25) is 0 Å². The molecule has 0 aromatic carbocycles. The number of nitrogens with zero attached hydrogens (tertiary/aromatic N) is 1. The minimum Gasteiger partial charge on any atom is -0.291 e. The normalized spacial score (nSPS) is 12.5.